The van der Waals surface area contributed by atoms with Gasteiger partial charge in [0.15, 0.2) is 0 Å². The Kier molecular flexibility index (Phi) is 2.77. The average Bonchev–Trinajstić information content (AvgIpc) is 2.04. The lowest BCUT2D eigenvalue weighted by atomic mass is 10.1. The number of aliphatic hydroxyl groups excluding tert-OH is 1. The predicted molar refractivity (Wildman–Crippen MR) is 52.3 cm³/mol. The Morgan fingerprint density at radius 2 is 1.67 bits per heavy atom. The Bertz CT molecular complexity index is 294. The van der Waals surface area contributed by atoms with E-state index in [0.717, 1.165) is 11.1 Å². The maximum atomic E-state index is 9.19. The molecular weight excluding hydrogens is 172 g/mol. The quantitative estimate of drug-likeness (QED) is 0.658. The minimum Gasteiger partial charge on any atom is -0.512 e. The van der Waals surface area contributed by atoms with Gasteiger partial charge in [-0.3, -0.25) is 0 Å². The smallest absolute Gasteiger partial charge is 0.0926 e. The molecule has 0 aliphatic rings. The largest absolute Gasteiger partial charge is 0.512 e. The van der Waals surface area contributed by atoms with Gasteiger partial charge in [-0.1, -0.05) is 23.7 Å². The van der Waals surface area contributed by atoms with Crippen molar-refractivity contribution in [3.05, 3.63) is 40.6 Å². The molecule has 1 aromatic rings. The van der Waals surface area contributed by atoms with Crippen LogP contribution in [0.25, 0.3) is 5.57 Å². The second kappa shape index (κ2) is 3.63. The SMILES string of the molecule is CC(O)=C(C)c1ccc(Cl)cc1. The van der Waals surface area contributed by atoms with E-state index in [1.165, 1.54) is 0 Å². The Morgan fingerprint density at radius 3 is 2.08 bits per heavy atom. The zero-order valence-corrected chi connectivity index (χ0v) is 7.89. The average molecular weight is 183 g/mol. The fraction of sp³-hybridized carbons (Fsp3) is 0.200. The molecule has 2 heteroatoms. The Labute approximate surface area is 77.3 Å². The van der Waals surface area contributed by atoms with E-state index < -0.39 is 0 Å². The number of halogens is 1. The Morgan fingerprint density at radius 1 is 1.17 bits per heavy atom. The minimum absolute atomic E-state index is 0.345. The molecule has 1 aromatic carbocycles. The van der Waals surface area contributed by atoms with E-state index in [2.05, 4.69) is 0 Å². The highest BCUT2D eigenvalue weighted by atomic mass is 35.5. The summed E-state index contributed by atoms with van der Waals surface area (Å²) in [5.41, 5.74) is 1.88. The lowest BCUT2D eigenvalue weighted by molar-refractivity contribution is 0.416. The molecule has 0 atom stereocenters. The Balaban J connectivity index is 3.06. The molecule has 0 unspecified atom stereocenters. The van der Waals surface area contributed by atoms with E-state index in [9.17, 15) is 5.11 Å². The normalized spacial score (nSPS) is 12.6. The summed E-state index contributed by atoms with van der Waals surface area (Å²) in [7, 11) is 0. The third-order valence-electron chi connectivity index (χ3n) is 1.82. The number of hydrogen-bond donors (Lipinski definition) is 1. The first-order valence-corrected chi connectivity index (χ1v) is 4.11. The van der Waals surface area contributed by atoms with Crippen molar-refractivity contribution in [2.75, 3.05) is 0 Å². The van der Waals surface area contributed by atoms with Gasteiger partial charge < -0.3 is 5.11 Å². The van der Waals surface area contributed by atoms with Crippen molar-refractivity contribution in [1.29, 1.82) is 0 Å². The van der Waals surface area contributed by atoms with Crippen molar-refractivity contribution >= 4 is 17.2 Å². The highest BCUT2D eigenvalue weighted by molar-refractivity contribution is 6.30. The van der Waals surface area contributed by atoms with Crippen LogP contribution in [0.4, 0.5) is 0 Å². The molecule has 0 fully saturated rings. The van der Waals surface area contributed by atoms with Gasteiger partial charge in [0, 0.05) is 5.02 Å². The molecule has 1 rings (SSSR count). The molecule has 0 saturated heterocycles. The van der Waals surface area contributed by atoms with Crippen LogP contribution in [0, 0.1) is 0 Å². The van der Waals surface area contributed by atoms with Crippen LogP contribution in [0.3, 0.4) is 0 Å². The summed E-state index contributed by atoms with van der Waals surface area (Å²) >= 11 is 5.72. The molecule has 0 radical (unpaired) electrons. The maximum absolute atomic E-state index is 9.19. The van der Waals surface area contributed by atoms with E-state index in [-0.39, 0.29) is 0 Å². The van der Waals surface area contributed by atoms with Crippen LogP contribution in [-0.2, 0) is 0 Å². The van der Waals surface area contributed by atoms with E-state index >= 15 is 0 Å². The minimum atomic E-state index is 0.345. The summed E-state index contributed by atoms with van der Waals surface area (Å²) in [6, 6.07) is 7.39. The number of aliphatic hydroxyl groups is 1. The van der Waals surface area contributed by atoms with Gasteiger partial charge in [-0.05, 0) is 37.1 Å². The molecule has 64 valence electrons. The summed E-state index contributed by atoms with van der Waals surface area (Å²) in [6.07, 6.45) is 0. The van der Waals surface area contributed by atoms with E-state index in [1.807, 2.05) is 31.2 Å². The van der Waals surface area contributed by atoms with Gasteiger partial charge in [-0.2, -0.15) is 0 Å². The van der Waals surface area contributed by atoms with Crippen LogP contribution in [0.1, 0.15) is 19.4 Å². The zero-order chi connectivity index (χ0) is 9.14. The molecule has 0 aromatic heterocycles. The van der Waals surface area contributed by atoms with Crippen molar-refractivity contribution < 1.29 is 5.11 Å². The van der Waals surface area contributed by atoms with Crippen molar-refractivity contribution in [1.82, 2.24) is 0 Å². The van der Waals surface area contributed by atoms with Gasteiger partial charge >= 0.3 is 0 Å². The fourth-order valence-electron chi connectivity index (χ4n) is 0.909. The first kappa shape index (κ1) is 9.14. The molecule has 0 saturated carbocycles. The van der Waals surface area contributed by atoms with Crippen LogP contribution in [0.2, 0.25) is 5.02 Å². The highest BCUT2D eigenvalue weighted by Crippen LogP contribution is 2.18. The topological polar surface area (TPSA) is 20.2 Å². The van der Waals surface area contributed by atoms with Crippen LogP contribution in [0.15, 0.2) is 30.0 Å². The molecule has 0 bridgehead atoms. The molecular formula is C10H11ClO. The predicted octanol–water partition coefficient (Wildman–Crippen LogP) is 3.65. The lowest BCUT2D eigenvalue weighted by Crippen LogP contribution is -1.83. The van der Waals surface area contributed by atoms with Gasteiger partial charge in [0.25, 0.3) is 0 Å². The second-order valence-corrected chi connectivity index (χ2v) is 3.15. The molecule has 0 heterocycles. The van der Waals surface area contributed by atoms with Crippen molar-refractivity contribution in [2.45, 2.75) is 13.8 Å². The summed E-state index contributed by atoms with van der Waals surface area (Å²) in [5.74, 6) is 0.345. The van der Waals surface area contributed by atoms with Gasteiger partial charge in [0.1, 0.15) is 0 Å². The molecule has 1 N–H and O–H groups in total. The van der Waals surface area contributed by atoms with Crippen LogP contribution >= 0.6 is 11.6 Å². The van der Waals surface area contributed by atoms with Crippen LogP contribution < -0.4 is 0 Å². The summed E-state index contributed by atoms with van der Waals surface area (Å²) in [4.78, 5) is 0. The molecule has 0 spiro atoms. The summed E-state index contributed by atoms with van der Waals surface area (Å²) in [5, 5.41) is 9.90. The second-order valence-electron chi connectivity index (χ2n) is 2.72. The summed E-state index contributed by atoms with van der Waals surface area (Å²) in [6.45, 7) is 3.54. The Hall–Kier alpha value is -0.950. The van der Waals surface area contributed by atoms with E-state index in [0.29, 0.717) is 10.8 Å². The number of allylic oxidation sites excluding steroid dienone is 2. The van der Waals surface area contributed by atoms with Crippen LogP contribution in [0.5, 0.6) is 0 Å². The van der Waals surface area contributed by atoms with Crippen molar-refractivity contribution in [2.24, 2.45) is 0 Å². The van der Waals surface area contributed by atoms with Crippen molar-refractivity contribution in [3.8, 4) is 0 Å². The van der Waals surface area contributed by atoms with Gasteiger partial charge in [0.2, 0.25) is 0 Å². The van der Waals surface area contributed by atoms with Gasteiger partial charge in [-0.25, -0.2) is 0 Å². The standard InChI is InChI=1S/C10H11ClO/c1-7(8(2)12)9-3-5-10(11)6-4-9/h3-6,12H,1-2H3. The number of rotatable bonds is 1. The fourth-order valence-corrected chi connectivity index (χ4v) is 1.03. The molecule has 0 aliphatic carbocycles. The number of hydrogen-bond acceptors (Lipinski definition) is 1. The monoisotopic (exact) mass is 182 g/mol. The lowest BCUT2D eigenvalue weighted by Gasteiger charge is -2.02. The van der Waals surface area contributed by atoms with Gasteiger partial charge in [0.05, 0.1) is 5.76 Å². The van der Waals surface area contributed by atoms with Crippen molar-refractivity contribution in [3.63, 3.8) is 0 Å². The summed E-state index contributed by atoms with van der Waals surface area (Å²) < 4.78 is 0. The number of benzene rings is 1. The van der Waals surface area contributed by atoms with Gasteiger partial charge in [-0.15, -0.1) is 0 Å². The molecule has 1 nitrogen and oxygen atoms in total. The van der Waals surface area contributed by atoms with Crippen LogP contribution in [-0.4, -0.2) is 5.11 Å². The first-order valence-electron chi connectivity index (χ1n) is 3.73. The molecule has 0 amide bonds. The zero-order valence-electron chi connectivity index (χ0n) is 7.13. The first-order chi connectivity index (χ1) is 5.61. The van der Waals surface area contributed by atoms with E-state index in [4.69, 9.17) is 11.6 Å². The van der Waals surface area contributed by atoms with E-state index in [1.54, 1.807) is 6.92 Å². The molecule has 0 aliphatic heterocycles. The third-order valence-corrected chi connectivity index (χ3v) is 2.07. The molecule has 12 heavy (non-hydrogen) atoms. The maximum Gasteiger partial charge on any atom is 0.0926 e. The highest BCUT2D eigenvalue weighted by Gasteiger charge is 1.98. The third kappa shape index (κ3) is 2.02.